The van der Waals surface area contributed by atoms with E-state index in [1.54, 1.807) is 12.1 Å². The minimum absolute atomic E-state index is 0.153. The van der Waals surface area contributed by atoms with E-state index in [2.05, 4.69) is 10.3 Å². The number of aromatic nitrogens is 1. The number of anilines is 1. The van der Waals surface area contributed by atoms with Crippen molar-refractivity contribution >= 4 is 11.7 Å². The maximum atomic E-state index is 12.6. The molecule has 0 spiro atoms. The van der Waals surface area contributed by atoms with Gasteiger partial charge in [0.2, 0.25) is 0 Å². The van der Waals surface area contributed by atoms with Crippen LogP contribution in [0.4, 0.5) is 19.0 Å². The Hall–Kier alpha value is -2.57. The van der Waals surface area contributed by atoms with E-state index in [-0.39, 0.29) is 5.82 Å². The molecule has 0 bridgehead atoms. The number of halogens is 3. The van der Waals surface area contributed by atoms with E-state index in [1.165, 1.54) is 12.1 Å². The van der Waals surface area contributed by atoms with Crippen molar-refractivity contribution in [1.29, 1.82) is 0 Å². The summed E-state index contributed by atoms with van der Waals surface area (Å²) in [4.78, 5) is 15.5. The summed E-state index contributed by atoms with van der Waals surface area (Å²) in [5, 5.41) is 2.36. The number of alkyl halides is 3. The Kier molecular flexibility index (Phi) is 3.48. The van der Waals surface area contributed by atoms with E-state index in [1.807, 2.05) is 12.1 Å². The summed E-state index contributed by atoms with van der Waals surface area (Å²) in [5.74, 6) is -0.0675. The van der Waals surface area contributed by atoms with Crippen LogP contribution >= 0.6 is 0 Å². The Morgan fingerprint density at radius 1 is 1.18 bits per heavy atom. The number of pyridine rings is 1. The Morgan fingerprint density at radius 2 is 1.95 bits per heavy atom. The van der Waals surface area contributed by atoms with E-state index in [4.69, 9.17) is 4.74 Å². The van der Waals surface area contributed by atoms with Gasteiger partial charge in [0.1, 0.15) is 17.3 Å². The first-order chi connectivity index (χ1) is 10.4. The van der Waals surface area contributed by atoms with Gasteiger partial charge in [-0.3, -0.25) is 4.79 Å². The fourth-order valence-electron chi connectivity index (χ4n) is 2.20. The molecule has 0 saturated carbocycles. The minimum Gasteiger partial charge on any atom is -0.480 e. The molecule has 0 unspecified atom stereocenters. The third-order valence-electron chi connectivity index (χ3n) is 3.23. The first kappa shape index (κ1) is 14.4. The number of amides is 1. The number of carbonyl (C=O) groups is 1. The second-order valence-electron chi connectivity index (χ2n) is 4.81. The SMILES string of the molecule is O=C(Nc1cccc(C(F)(F)F)n1)[C@@H]1Cc2ccccc2O1. The molecule has 0 radical (unpaired) electrons. The summed E-state index contributed by atoms with van der Waals surface area (Å²) in [6, 6.07) is 10.5. The summed E-state index contributed by atoms with van der Waals surface area (Å²) in [6.45, 7) is 0. The highest BCUT2D eigenvalue weighted by atomic mass is 19.4. The van der Waals surface area contributed by atoms with Gasteiger partial charge < -0.3 is 10.1 Å². The van der Waals surface area contributed by atoms with Gasteiger partial charge in [-0.1, -0.05) is 24.3 Å². The highest BCUT2D eigenvalue weighted by Crippen LogP contribution is 2.30. The van der Waals surface area contributed by atoms with Crippen molar-refractivity contribution in [1.82, 2.24) is 4.98 Å². The topological polar surface area (TPSA) is 51.2 Å². The summed E-state index contributed by atoms with van der Waals surface area (Å²) < 4.78 is 43.2. The van der Waals surface area contributed by atoms with Crippen molar-refractivity contribution in [2.45, 2.75) is 18.7 Å². The van der Waals surface area contributed by atoms with Crippen molar-refractivity contribution in [2.24, 2.45) is 0 Å². The monoisotopic (exact) mass is 308 g/mol. The van der Waals surface area contributed by atoms with Gasteiger partial charge in [0, 0.05) is 6.42 Å². The van der Waals surface area contributed by atoms with Crippen molar-refractivity contribution in [3.05, 3.63) is 53.7 Å². The van der Waals surface area contributed by atoms with Crippen LogP contribution in [-0.4, -0.2) is 17.0 Å². The molecule has 0 saturated heterocycles. The molecule has 0 aliphatic carbocycles. The molecule has 1 amide bonds. The van der Waals surface area contributed by atoms with Crippen LogP contribution in [0.3, 0.4) is 0 Å². The quantitative estimate of drug-likeness (QED) is 0.927. The van der Waals surface area contributed by atoms with Crippen molar-refractivity contribution < 1.29 is 22.7 Å². The summed E-state index contributed by atoms with van der Waals surface area (Å²) >= 11 is 0. The standard InChI is InChI=1S/C15H11F3N2O2/c16-15(17,18)12-6-3-7-13(19-12)20-14(21)11-8-9-4-1-2-5-10(9)22-11/h1-7,11H,8H2,(H,19,20,21)/t11-/m0/s1. The van der Waals surface area contributed by atoms with Crippen molar-refractivity contribution in [3.63, 3.8) is 0 Å². The van der Waals surface area contributed by atoms with Gasteiger partial charge in [-0.05, 0) is 23.8 Å². The molecular weight excluding hydrogens is 297 g/mol. The lowest BCUT2D eigenvalue weighted by molar-refractivity contribution is -0.141. The minimum atomic E-state index is -4.55. The fraction of sp³-hybridized carbons (Fsp3) is 0.200. The maximum Gasteiger partial charge on any atom is 0.433 e. The van der Waals surface area contributed by atoms with E-state index in [9.17, 15) is 18.0 Å². The first-order valence-corrected chi connectivity index (χ1v) is 6.53. The molecule has 1 aromatic carbocycles. The zero-order chi connectivity index (χ0) is 15.7. The maximum absolute atomic E-state index is 12.6. The van der Waals surface area contributed by atoms with Gasteiger partial charge in [-0.25, -0.2) is 4.98 Å². The smallest absolute Gasteiger partial charge is 0.433 e. The number of hydrogen-bond donors (Lipinski definition) is 1. The number of nitrogens with one attached hydrogen (secondary N) is 1. The molecule has 1 atom stereocenters. The first-order valence-electron chi connectivity index (χ1n) is 6.53. The molecule has 2 aromatic rings. The average molecular weight is 308 g/mol. The largest absolute Gasteiger partial charge is 0.480 e. The predicted molar refractivity (Wildman–Crippen MR) is 72.4 cm³/mol. The molecule has 1 aromatic heterocycles. The molecule has 22 heavy (non-hydrogen) atoms. The van der Waals surface area contributed by atoms with E-state index in [0.29, 0.717) is 12.2 Å². The summed E-state index contributed by atoms with van der Waals surface area (Å²) in [5.41, 5.74) is -0.166. The van der Waals surface area contributed by atoms with Crippen molar-refractivity contribution in [3.8, 4) is 5.75 Å². The third-order valence-corrected chi connectivity index (χ3v) is 3.23. The zero-order valence-electron chi connectivity index (χ0n) is 11.2. The zero-order valence-corrected chi connectivity index (χ0v) is 11.2. The van der Waals surface area contributed by atoms with E-state index >= 15 is 0 Å². The van der Waals surface area contributed by atoms with Crippen LogP contribution in [0, 0.1) is 0 Å². The van der Waals surface area contributed by atoms with Gasteiger partial charge in [-0.15, -0.1) is 0 Å². The normalized spacial score (nSPS) is 16.8. The van der Waals surface area contributed by atoms with Crippen molar-refractivity contribution in [2.75, 3.05) is 5.32 Å². The molecular formula is C15H11F3N2O2. The predicted octanol–water partition coefficient (Wildman–Crippen LogP) is 3.04. The number of nitrogens with zero attached hydrogens (tertiary/aromatic N) is 1. The third kappa shape index (κ3) is 2.88. The van der Waals surface area contributed by atoms with Crippen LogP contribution in [0.1, 0.15) is 11.3 Å². The Balaban J connectivity index is 1.71. The molecule has 1 aliphatic heterocycles. The van der Waals surface area contributed by atoms with Gasteiger partial charge in [0.05, 0.1) is 0 Å². The highest BCUT2D eigenvalue weighted by molar-refractivity contribution is 5.94. The van der Waals surface area contributed by atoms with Crippen LogP contribution in [-0.2, 0) is 17.4 Å². The van der Waals surface area contributed by atoms with Gasteiger partial charge in [0.25, 0.3) is 5.91 Å². The number of para-hydroxylation sites is 1. The van der Waals surface area contributed by atoms with E-state index < -0.39 is 23.9 Å². The van der Waals surface area contributed by atoms with E-state index in [0.717, 1.165) is 11.6 Å². The molecule has 7 heteroatoms. The molecule has 0 fully saturated rings. The number of rotatable bonds is 2. The molecule has 3 rings (SSSR count). The van der Waals surface area contributed by atoms with Crippen LogP contribution in [0.5, 0.6) is 5.75 Å². The highest BCUT2D eigenvalue weighted by Gasteiger charge is 2.33. The summed E-state index contributed by atoms with van der Waals surface area (Å²) in [7, 11) is 0. The Bertz CT molecular complexity index is 691. The van der Waals surface area contributed by atoms with Crippen LogP contribution < -0.4 is 10.1 Å². The number of fused-ring (bicyclic) bond motifs is 1. The number of benzene rings is 1. The molecule has 1 N–H and O–H groups in total. The molecule has 114 valence electrons. The van der Waals surface area contributed by atoms with Crippen LogP contribution in [0.25, 0.3) is 0 Å². The lowest BCUT2D eigenvalue weighted by Gasteiger charge is -2.12. The van der Waals surface area contributed by atoms with Gasteiger partial charge in [-0.2, -0.15) is 13.2 Å². The van der Waals surface area contributed by atoms with Gasteiger partial charge >= 0.3 is 6.18 Å². The Labute approximate surface area is 123 Å². The Morgan fingerprint density at radius 3 is 2.68 bits per heavy atom. The van der Waals surface area contributed by atoms with Crippen LogP contribution in [0.15, 0.2) is 42.5 Å². The molecule has 4 nitrogen and oxygen atoms in total. The number of carbonyl (C=O) groups excluding carboxylic acids is 1. The van der Waals surface area contributed by atoms with Gasteiger partial charge in [0.15, 0.2) is 6.10 Å². The lowest BCUT2D eigenvalue weighted by Crippen LogP contribution is -2.31. The number of hydrogen-bond acceptors (Lipinski definition) is 3. The molecule has 2 heterocycles. The fourth-order valence-corrected chi connectivity index (χ4v) is 2.20. The number of ether oxygens (including phenoxy) is 1. The second-order valence-corrected chi connectivity index (χ2v) is 4.81. The summed E-state index contributed by atoms with van der Waals surface area (Å²) in [6.07, 6.45) is -4.95. The van der Waals surface area contributed by atoms with Crippen LogP contribution in [0.2, 0.25) is 0 Å². The molecule has 1 aliphatic rings. The average Bonchev–Trinajstić information content (AvgIpc) is 2.90. The second kappa shape index (κ2) is 5.32. The lowest BCUT2D eigenvalue weighted by atomic mass is 10.1.